The molecule has 1 unspecified atom stereocenters. The molecule has 1 aliphatic heterocycles. The summed E-state index contributed by atoms with van der Waals surface area (Å²) in [6.07, 6.45) is 2.52. The van der Waals surface area contributed by atoms with Gasteiger partial charge in [0, 0.05) is 29.8 Å². The first-order valence-corrected chi connectivity index (χ1v) is 9.92. The molecule has 150 valence electrons. The molecular weight excluding hydrogens is 364 g/mol. The molecule has 2 N–H and O–H groups in total. The molecule has 1 aliphatic rings. The molecule has 2 aromatic heterocycles. The lowest BCUT2D eigenvalue weighted by Gasteiger charge is -2.24. The quantitative estimate of drug-likeness (QED) is 0.740. The van der Waals surface area contributed by atoms with Gasteiger partial charge in [-0.05, 0) is 43.9 Å². The van der Waals surface area contributed by atoms with Crippen molar-refractivity contribution >= 4 is 11.6 Å². The zero-order chi connectivity index (χ0) is 20.7. The van der Waals surface area contributed by atoms with Gasteiger partial charge in [-0.2, -0.15) is 5.10 Å². The predicted molar refractivity (Wildman–Crippen MR) is 113 cm³/mol. The molecule has 4 rings (SSSR count). The molecule has 0 spiro atoms. The molecule has 0 saturated heterocycles. The average molecular weight is 390 g/mol. The number of nitrogens with two attached hydrogens (primary N) is 1. The highest BCUT2D eigenvalue weighted by Gasteiger charge is 2.35. The summed E-state index contributed by atoms with van der Waals surface area (Å²) in [7, 11) is 0. The van der Waals surface area contributed by atoms with E-state index in [0.29, 0.717) is 18.1 Å². The molecule has 29 heavy (non-hydrogen) atoms. The highest BCUT2D eigenvalue weighted by Crippen LogP contribution is 2.34. The van der Waals surface area contributed by atoms with Crippen molar-refractivity contribution in [3.8, 4) is 5.95 Å². The molecular formula is C22H26N6O. The molecule has 0 saturated carbocycles. The summed E-state index contributed by atoms with van der Waals surface area (Å²) < 4.78 is 1.61. The van der Waals surface area contributed by atoms with Crippen molar-refractivity contribution in [2.24, 2.45) is 5.73 Å². The fourth-order valence-corrected chi connectivity index (χ4v) is 3.94. The number of rotatable bonds is 4. The number of nitrogens with zero attached hydrogens (tertiary/aromatic N) is 5. The minimum atomic E-state index is -0.0790. The average Bonchev–Trinajstić information content (AvgIpc) is 3.28. The second-order valence-electron chi connectivity index (χ2n) is 7.88. The molecule has 7 heteroatoms. The van der Waals surface area contributed by atoms with Crippen molar-refractivity contribution in [3.05, 3.63) is 64.7 Å². The van der Waals surface area contributed by atoms with Crippen LogP contribution in [0, 0.1) is 13.8 Å². The van der Waals surface area contributed by atoms with Crippen LogP contribution in [-0.4, -0.2) is 38.2 Å². The zero-order valence-corrected chi connectivity index (χ0v) is 17.3. The number of carbonyl (C=O) groups is 1. The Balaban J connectivity index is 1.80. The van der Waals surface area contributed by atoms with Crippen LogP contribution in [0.1, 0.15) is 52.8 Å². The van der Waals surface area contributed by atoms with Crippen molar-refractivity contribution in [3.63, 3.8) is 0 Å². The van der Waals surface area contributed by atoms with E-state index >= 15 is 0 Å². The lowest BCUT2D eigenvalue weighted by atomic mass is 10.0. The second-order valence-corrected chi connectivity index (χ2v) is 7.88. The van der Waals surface area contributed by atoms with Gasteiger partial charge >= 0.3 is 0 Å². The van der Waals surface area contributed by atoms with Crippen LogP contribution in [0.15, 0.2) is 36.5 Å². The van der Waals surface area contributed by atoms with Gasteiger partial charge < -0.3 is 10.6 Å². The van der Waals surface area contributed by atoms with Crippen LogP contribution in [0.2, 0.25) is 0 Å². The van der Waals surface area contributed by atoms with Crippen molar-refractivity contribution in [2.45, 2.75) is 46.1 Å². The summed E-state index contributed by atoms with van der Waals surface area (Å²) >= 11 is 0. The van der Waals surface area contributed by atoms with Gasteiger partial charge in [0.2, 0.25) is 0 Å². The van der Waals surface area contributed by atoms with Crippen molar-refractivity contribution in [1.29, 1.82) is 0 Å². The number of benzene rings is 1. The second kappa shape index (κ2) is 7.40. The molecule has 0 fully saturated rings. The van der Waals surface area contributed by atoms with Crippen LogP contribution >= 0.6 is 0 Å². The van der Waals surface area contributed by atoms with E-state index in [4.69, 9.17) is 5.73 Å². The van der Waals surface area contributed by atoms with Gasteiger partial charge in [-0.3, -0.25) is 4.79 Å². The fraction of sp³-hybridized carbons (Fsp3) is 0.364. The minimum absolute atomic E-state index is 0.0549. The minimum Gasteiger partial charge on any atom is -0.328 e. The van der Waals surface area contributed by atoms with Gasteiger partial charge in [0.1, 0.15) is 0 Å². The smallest absolute Gasteiger partial charge is 0.262 e. The number of carbonyl (C=O) groups excluding carboxylic acids is 1. The fourth-order valence-electron chi connectivity index (χ4n) is 3.94. The highest BCUT2D eigenvalue weighted by atomic mass is 16.2. The highest BCUT2D eigenvalue weighted by molar-refractivity contribution is 6.08. The molecule has 1 aromatic carbocycles. The van der Waals surface area contributed by atoms with Crippen LogP contribution in [0.4, 0.5) is 5.69 Å². The molecule has 3 aromatic rings. The van der Waals surface area contributed by atoms with Crippen molar-refractivity contribution in [2.75, 3.05) is 11.4 Å². The number of hydrogen-bond donors (Lipinski definition) is 1. The zero-order valence-electron chi connectivity index (χ0n) is 17.3. The first-order valence-electron chi connectivity index (χ1n) is 9.92. The maximum absolute atomic E-state index is 13.7. The molecule has 3 heterocycles. The van der Waals surface area contributed by atoms with Crippen LogP contribution in [0.3, 0.4) is 0 Å². The topological polar surface area (TPSA) is 89.9 Å². The Kier molecular flexibility index (Phi) is 4.92. The third-order valence-corrected chi connectivity index (χ3v) is 5.26. The third-order valence-electron chi connectivity index (χ3n) is 5.26. The Bertz CT molecular complexity index is 1050. The lowest BCUT2D eigenvalue weighted by Crippen LogP contribution is -2.42. The SMILES string of the molecule is Cc1cc(C)nc(-n2cc(C(=O)N3c4ccccc4CC3CN)c(C(C)C)n2)n1. The normalized spacial score (nSPS) is 15.8. The predicted octanol–water partition coefficient (Wildman–Crippen LogP) is 2.93. The van der Waals surface area contributed by atoms with E-state index in [9.17, 15) is 4.79 Å². The Morgan fingerprint density at radius 2 is 1.90 bits per heavy atom. The van der Waals surface area contributed by atoms with E-state index in [1.165, 1.54) is 0 Å². The van der Waals surface area contributed by atoms with E-state index in [-0.39, 0.29) is 17.9 Å². The van der Waals surface area contributed by atoms with Crippen molar-refractivity contribution in [1.82, 2.24) is 19.7 Å². The first-order chi connectivity index (χ1) is 13.9. The summed E-state index contributed by atoms with van der Waals surface area (Å²) in [6, 6.07) is 9.84. The van der Waals surface area contributed by atoms with Gasteiger partial charge in [0.25, 0.3) is 11.9 Å². The molecule has 0 aliphatic carbocycles. The van der Waals surface area contributed by atoms with Crippen LogP contribution in [0.25, 0.3) is 5.95 Å². The molecule has 1 amide bonds. The monoisotopic (exact) mass is 390 g/mol. The Morgan fingerprint density at radius 1 is 1.21 bits per heavy atom. The van der Waals surface area contributed by atoms with Crippen LogP contribution < -0.4 is 10.6 Å². The van der Waals surface area contributed by atoms with Crippen LogP contribution in [-0.2, 0) is 6.42 Å². The number of hydrogen-bond acceptors (Lipinski definition) is 5. The summed E-state index contributed by atoms with van der Waals surface area (Å²) in [6.45, 7) is 8.31. The van der Waals surface area contributed by atoms with Gasteiger partial charge in [-0.1, -0.05) is 32.0 Å². The first kappa shape index (κ1) is 19.3. The van der Waals surface area contributed by atoms with E-state index in [0.717, 1.165) is 34.8 Å². The van der Waals surface area contributed by atoms with Gasteiger partial charge in [0.05, 0.1) is 17.3 Å². The van der Waals surface area contributed by atoms with Crippen molar-refractivity contribution < 1.29 is 4.79 Å². The van der Waals surface area contributed by atoms with Gasteiger partial charge in [-0.25, -0.2) is 14.6 Å². The number of amides is 1. The van der Waals surface area contributed by atoms with E-state index in [1.807, 2.05) is 56.9 Å². The summed E-state index contributed by atoms with van der Waals surface area (Å²) in [5.74, 6) is 0.473. The standard InChI is InChI=1S/C22H26N6O/c1-13(2)20-18(12-27(26-20)22-24-14(3)9-15(4)25-22)21(29)28-17(11-23)10-16-7-5-6-8-19(16)28/h5-9,12-13,17H,10-11,23H2,1-4H3. The summed E-state index contributed by atoms with van der Waals surface area (Å²) in [5, 5.41) is 4.67. The largest absolute Gasteiger partial charge is 0.328 e. The van der Waals surface area contributed by atoms with Gasteiger partial charge in [0.15, 0.2) is 0 Å². The molecule has 7 nitrogen and oxygen atoms in total. The number of aromatic nitrogens is 4. The number of fused-ring (bicyclic) bond motifs is 1. The Hall–Kier alpha value is -3.06. The van der Waals surface area contributed by atoms with Crippen LogP contribution in [0.5, 0.6) is 0 Å². The third kappa shape index (κ3) is 3.42. The molecule has 0 bridgehead atoms. The number of aryl methyl sites for hydroxylation is 2. The molecule has 1 atom stereocenters. The number of anilines is 1. The summed E-state index contributed by atoms with van der Waals surface area (Å²) in [4.78, 5) is 24.5. The number of para-hydroxylation sites is 1. The molecule has 0 radical (unpaired) electrons. The van der Waals surface area contributed by atoms with E-state index in [2.05, 4.69) is 21.1 Å². The lowest BCUT2D eigenvalue weighted by molar-refractivity contribution is 0.0979. The Labute approximate surface area is 170 Å². The maximum atomic E-state index is 13.7. The summed E-state index contributed by atoms with van der Waals surface area (Å²) in [5.41, 5.74) is 11.1. The maximum Gasteiger partial charge on any atom is 0.262 e. The Morgan fingerprint density at radius 3 is 2.55 bits per heavy atom. The van der Waals surface area contributed by atoms with Gasteiger partial charge in [-0.15, -0.1) is 0 Å². The van der Waals surface area contributed by atoms with E-state index < -0.39 is 0 Å². The van der Waals surface area contributed by atoms with E-state index in [1.54, 1.807) is 10.9 Å².